The van der Waals surface area contributed by atoms with Crippen molar-refractivity contribution in [3.05, 3.63) is 117 Å². The highest BCUT2D eigenvalue weighted by molar-refractivity contribution is 6.34. The zero-order chi connectivity index (χ0) is 32.4. The number of halogens is 10. The molecule has 0 aromatic heterocycles. The van der Waals surface area contributed by atoms with Crippen molar-refractivity contribution in [1.82, 2.24) is 0 Å². The van der Waals surface area contributed by atoms with Crippen molar-refractivity contribution in [2.24, 2.45) is 0 Å². The number of alkyl halides is 6. The largest absolute Gasteiger partial charge is 0.480 e. The van der Waals surface area contributed by atoms with Gasteiger partial charge in [0.25, 0.3) is 0 Å². The molecule has 0 amide bonds. The third-order valence-corrected chi connectivity index (χ3v) is 7.86. The molecule has 0 radical (unpaired) electrons. The Balaban J connectivity index is 0.000000177. The Morgan fingerprint density at radius 3 is 1.66 bits per heavy atom. The molecular weight excluding hydrogens is 647 g/mol. The van der Waals surface area contributed by atoms with E-state index in [2.05, 4.69) is 0 Å². The van der Waals surface area contributed by atoms with E-state index in [-0.39, 0.29) is 43.4 Å². The van der Waals surface area contributed by atoms with Crippen LogP contribution in [0.5, 0.6) is 0 Å². The molecule has 2 atom stereocenters. The second kappa shape index (κ2) is 10.7. The quantitative estimate of drug-likeness (QED) is 0.216. The number of benzene rings is 4. The summed E-state index contributed by atoms with van der Waals surface area (Å²) < 4.78 is 114. The Morgan fingerprint density at radius 2 is 1.16 bits per heavy atom. The van der Waals surface area contributed by atoms with Crippen LogP contribution in [0, 0.1) is 11.6 Å². The third-order valence-electron chi connectivity index (χ3n) is 7.26. The predicted molar refractivity (Wildman–Crippen MR) is 143 cm³/mol. The SMILES string of the molecule is O=C(O)CO[C@]1(C(F)(F)F)c2ccccc2-c2c(Cl)cc(F)cc21.O[C@]1(C(F)(F)F)c2ccccc2-c2c(Cl)cc(F)cc21. The zero-order valence-corrected chi connectivity index (χ0v) is 23.1. The van der Waals surface area contributed by atoms with Gasteiger partial charge in [0.15, 0.2) is 0 Å². The number of carboxylic acid groups (broad SMARTS) is 1. The first-order valence-corrected chi connectivity index (χ1v) is 13.1. The van der Waals surface area contributed by atoms with Gasteiger partial charge in [-0.25, -0.2) is 13.6 Å². The van der Waals surface area contributed by atoms with Crippen LogP contribution in [0.15, 0.2) is 72.8 Å². The van der Waals surface area contributed by atoms with Gasteiger partial charge in [-0.2, -0.15) is 26.3 Å². The Morgan fingerprint density at radius 1 is 0.705 bits per heavy atom. The van der Waals surface area contributed by atoms with Gasteiger partial charge in [0, 0.05) is 33.4 Å². The number of carboxylic acids is 1. The van der Waals surface area contributed by atoms with Crippen molar-refractivity contribution >= 4 is 29.2 Å². The second-order valence-corrected chi connectivity index (χ2v) is 10.6. The van der Waals surface area contributed by atoms with E-state index in [0.717, 1.165) is 18.2 Å². The zero-order valence-electron chi connectivity index (χ0n) is 21.6. The van der Waals surface area contributed by atoms with Crippen LogP contribution < -0.4 is 0 Å². The van der Waals surface area contributed by atoms with Gasteiger partial charge in [0.2, 0.25) is 11.2 Å². The maximum Gasteiger partial charge on any atom is 0.426 e. The molecule has 0 spiro atoms. The number of fused-ring (bicyclic) bond motifs is 6. The fraction of sp³-hybridized carbons (Fsp3) is 0.167. The topological polar surface area (TPSA) is 66.8 Å². The number of hydrogen-bond donors (Lipinski definition) is 2. The van der Waals surface area contributed by atoms with Crippen LogP contribution in [0.4, 0.5) is 35.1 Å². The van der Waals surface area contributed by atoms with Crippen molar-refractivity contribution in [3.8, 4) is 22.3 Å². The van der Waals surface area contributed by atoms with Crippen molar-refractivity contribution in [1.29, 1.82) is 0 Å². The minimum absolute atomic E-state index is 0.0171. The van der Waals surface area contributed by atoms with Crippen molar-refractivity contribution in [3.63, 3.8) is 0 Å². The summed E-state index contributed by atoms with van der Waals surface area (Å²) in [4.78, 5) is 10.8. The molecule has 0 heterocycles. The lowest BCUT2D eigenvalue weighted by molar-refractivity contribution is -0.264. The molecule has 2 aliphatic carbocycles. The van der Waals surface area contributed by atoms with E-state index in [1.165, 1.54) is 42.5 Å². The van der Waals surface area contributed by atoms with Gasteiger partial charge >= 0.3 is 18.3 Å². The van der Waals surface area contributed by atoms with Gasteiger partial charge < -0.3 is 14.9 Å². The molecule has 14 heteroatoms. The van der Waals surface area contributed by atoms with E-state index in [1.807, 2.05) is 0 Å². The molecule has 6 rings (SSSR count). The summed E-state index contributed by atoms with van der Waals surface area (Å²) in [6.07, 6.45) is -10.0. The van der Waals surface area contributed by atoms with Crippen LogP contribution >= 0.6 is 23.2 Å². The number of rotatable bonds is 3. The summed E-state index contributed by atoms with van der Waals surface area (Å²) in [6, 6.07) is 14.1. The average molecular weight is 663 g/mol. The summed E-state index contributed by atoms with van der Waals surface area (Å²) in [6.45, 7) is -1.21. The number of carbonyl (C=O) groups is 1. The van der Waals surface area contributed by atoms with E-state index in [1.54, 1.807) is 0 Å². The van der Waals surface area contributed by atoms with E-state index in [0.29, 0.717) is 12.1 Å². The lowest BCUT2D eigenvalue weighted by atomic mass is 9.90. The second-order valence-electron chi connectivity index (χ2n) is 9.78. The maximum atomic E-state index is 14.0. The normalized spacial score (nSPS) is 19.8. The molecule has 0 saturated heterocycles. The molecule has 4 aromatic rings. The summed E-state index contributed by atoms with van der Waals surface area (Å²) in [5, 5.41) is 18.6. The summed E-state index contributed by atoms with van der Waals surface area (Å²) in [7, 11) is 0. The van der Waals surface area contributed by atoms with Gasteiger partial charge in [0.1, 0.15) is 18.2 Å². The van der Waals surface area contributed by atoms with Crippen LogP contribution in [0.25, 0.3) is 22.3 Å². The molecule has 2 N–H and O–H groups in total. The highest BCUT2D eigenvalue weighted by Gasteiger charge is 2.64. The third kappa shape index (κ3) is 4.71. The predicted octanol–water partition coefficient (Wildman–Crippen LogP) is 8.62. The first-order valence-electron chi connectivity index (χ1n) is 12.4. The Hall–Kier alpha value is -3.71. The highest BCUT2D eigenvalue weighted by Crippen LogP contribution is 2.59. The molecule has 44 heavy (non-hydrogen) atoms. The maximum absolute atomic E-state index is 14.0. The van der Waals surface area contributed by atoms with E-state index in [9.17, 15) is 45.0 Å². The van der Waals surface area contributed by atoms with Gasteiger partial charge in [-0.3, -0.25) is 0 Å². The Labute approximate surface area is 253 Å². The number of hydrogen-bond acceptors (Lipinski definition) is 3. The molecule has 0 saturated carbocycles. The summed E-state index contributed by atoms with van der Waals surface area (Å²) in [5.74, 6) is -3.48. The van der Waals surface area contributed by atoms with Crippen LogP contribution in [-0.4, -0.2) is 35.1 Å². The average Bonchev–Trinajstić information content (AvgIpc) is 3.36. The monoisotopic (exact) mass is 662 g/mol. The number of aliphatic carboxylic acids is 1. The summed E-state index contributed by atoms with van der Waals surface area (Å²) >= 11 is 11.8. The molecule has 0 fully saturated rings. The van der Waals surface area contributed by atoms with E-state index >= 15 is 0 Å². The van der Waals surface area contributed by atoms with E-state index in [4.69, 9.17) is 33.0 Å². The smallest absolute Gasteiger partial charge is 0.426 e. The Bertz CT molecular complexity index is 1810. The molecule has 2 aliphatic rings. The molecular formula is C30H16Cl2F8O4. The minimum Gasteiger partial charge on any atom is -0.480 e. The lowest BCUT2D eigenvalue weighted by Gasteiger charge is -2.33. The van der Waals surface area contributed by atoms with Gasteiger partial charge in [0.05, 0.1) is 10.0 Å². The van der Waals surface area contributed by atoms with Crippen molar-refractivity contribution < 1.29 is 54.9 Å². The fourth-order valence-corrected chi connectivity index (χ4v) is 6.21. The minimum atomic E-state index is -5.03. The van der Waals surface area contributed by atoms with Crippen LogP contribution in [0.2, 0.25) is 10.0 Å². The number of aliphatic hydroxyl groups is 1. The number of ether oxygens (including phenoxy) is 1. The van der Waals surface area contributed by atoms with Gasteiger partial charge in [-0.1, -0.05) is 71.7 Å². The van der Waals surface area contributed by atoms with Gasteiger partial charge in [-0.05, 0) is 35.4 Å². The standard InChI is InChI=1S/C16H9ClF4O3.C14H7ClF4O/c17-12-6-8(18)5-11-14(12)9-3-1-2-4-10(9)15(11,16(19,20)21)24-7-13(22)23;15-11-6-7(16)5-10-12(11)8-3-1-2-4-9(8)13(10,20)14(17,18)19/h1-6H,7H2,(H,22,23);1-6,20H/t15-;13-/m11/s1. The molecule has 230 valence electrons. The molecule has 4 nitrogen and oxygen atoms in total. The van der Waals surface area contributed by atoms with Gasteiger partial charge in [-0.15, -0.1) is 0 Å². The van der Waals surface area contributed by atoms with Crippen LogP contribution in [0.3, 0.4) is 0 Å². The molecule has 0 aliphatic heterocycles. The first-order chi connectivity index (χ1) is 20.4. The highest BCUT2D eigenvalue weighted by atomic mass is 35.5. The van der Waals surface area contributed by atoms with Crippen LogP contribution in [0.1, 0.15) is 22.3 Å². The molecule has 0 unspecified atom stereocenters. The molecule has 0 bridgehead atoms. The molecule has 4 aromatic carbocycles. The van der Waals surface area contributed by atoms with Crippen molar-refractivity contribution in [2.45, 2.75) is 23.6 Å². The lowest BCUT2D eigenvalue weighted by Crippen LogP contribution is -2.45. The van der Waals surface area contributed by atoms with Crippen LogP contribution in [-0.2, 0) is 20.7 Å². The summed E-state index contributed by atoms with van der Waals surface area (Å²) in [5.41, 5.74) is -7.84. The fourth-order valence-electron chi connectivity index (χ4n) is 5.59. The van der Waals surface area contributed by atoms with E-state index < -0.39 is 58.9 Å². The Kier molecular flexibility index (Phi) is 7.73. The first kappa shape index (κ1) is 31.7. The van der Waals surface area contributed by atoms with Crippen molar-refractivity contribution in [2.75, 3.05) is 6.61 Å².